The third kappa shape index (κ3) is 17.7. The maximum Gasteiger partial charge on any atom is 0.326 e. The summed E-state index contributed by atoms with van der Waals surface area (Å²) in [6.07, 6.45) is 2.24. The van der Waals surface area contributed by atoms with E-state index in [1.165, 1.54) is 4.90 Å². The molecule has 0 unspecified atom stereocenters. The molecule has 2 rings (SSSR count). The van der Waals surface area contributed by atoms with Crippen LogP contribution in [0.1, 0.15) is 99.5 Å². The molecule has 1 heterocycles. The second-order valence-electron chi connectivity index (χ2n) is 17.3. The Balaban J connectivity index is 2.17. The van der Waals surface area contributed by atoms with Crippen LogP contribution in [0.2, 0.25) is 0 Å². The largest absolute Gasteiger partial charge is 0.480 e. The number of carboxylic acid groups (broad SMARTS) is 1. The number of nitrogens with one attached hydrogen (secondary N) is 6. The average molecular weight is 875 g/mol. The van der Waals surface area contributed by atoms with E-state index in [1.54, 1.807) is 31.2 Å². The van der Waals surface area contributed by atoms with Crippen LogP contribution in [-0.4, -0.2) is 118 Å². The molecule has 0 radical (unpaired) electrons. The summed E-state index contributed by atoms with van der Waals surface area (Å²) in [6, 6.07) is 1.66. The first kappa shape index (κ1) is 52.4. The fourth-order valence-electron chi connectivity index (χ4n) is 7.03. The lowest BCUT2D eigenvalue weighted by atomic mass is 9.96. The van der Waals surface area contributed by atoms with Gasteiger partial charge >= 0.3 is 5.97 Å². The molecular formula is C43H70N8O9S. The number of carbonyl (C=O) groups excluding carboxylic acids is 7. The Kier molecular flexibility index (Phi) is 22.3. The van der Waals surface area contributed by atoms with Crippen molar-refractivity contribution >= 4 is 59.9 Å². The van der Waals surface area contributed by atoms with Gasteiger partial charge in [-0.2, -0.15) is 12.6 Å². The first-order valence-corrected chi connectivity index (χ1v) is 22.0. The molecule has 8 atom stereocenters. The molecule has 1 aliphatic rings. The van der Waals surface area contributed by atoms with Crippen molar-refractivity contribution in [3.05, 3.63) is 35.9 Å². The van der Waals surface area contributed by atoms with Crippen molar-refractivity contribution < 1.29 is 43.5 Å². The van der Waals surface area contributed by atoms with Gasteiger partial charge in [-0.15, -0.1) is 0 Å². The molecular weight excluding hydrogens is 805 g/mol. The minimum absolute atomic E-state index is 0.0144. The smallest absolute Gasteiger partial charge is 0.326 e. The quantitative estimate of drug-likeness (QED) is 0.0637. The SMILES string of the molecule is CC[C@H](C)[C@H](NC(=O)[C@H](CS)NC(=O)[C@@H]1CCCN1C(=O)CNC(=O)[C@H](Cc1ccccc1)NC(=O)[C@H](CC(C)C)NC(=O)[C@@H](N)CC(C)C)C(=O)N[C@@H](CC(C)C)C(=O)O. The molecule has 0 bridgehead atoms. The maximum absolute atomic E-state index is 13.7. The fourth-order valence-corrected chi connectivity index (χ4v) is 7.28. The number of aliphatic carboxylic acids is 1. The van der Waals surface area contributed by atoms with Crippen LogP contribution >= 0.6 is 12.6 Å². The predicted molar refractivity (Wildman–Crippen MR) is 235 cm³/mol. The van der Waals surface area contributed by atoms with Crippen molar-refractivity contribution in [3.63, 3.8) is 0 Å². The van der Waals surface area contributed by atoms with E-state index in [4.69, 9.17) is 5.73 Å². The van der Waals surface area contributed by atoms with Crippen molar-refractivity contribution in [1.29, 1.82) is 0 Å². The van der Waals surface area contributed by atoms with E-state index >= 15 is 0 Å². The fraction of sp³-hybridized carbons (Fsp3) is 0.674. The molecule has 1 aromatic rings. The number of nitrogens with zero attached hydrogens (tertiary/aromatic N) is 1. The van der Waals surface area contributed by atoms with Crippen LogP contribution in [0, 0.1) is 23.7 Å². The molecule has 17 nitrogen and oxygen atoms in total. The van der Waals surface area contributed by atoms with Crippen molar-refractivity contribution in [2.45, 2.75) is 143 Å². The van der Waals surface area contributed by atoms with Crippen molar-refractivity contribution in [1.82, 2.24) is 36.8 Å². The summed E-state index contributed by atoms with van der Waals surface area (Å²) < 4.78 is 0. The van der Waals surface area contributed by atoms with Crippen LogP contribution < -0.4 is 37.6 Å². The molecule has 9 N–H and O–H groups in total. The van der Waals surface area contributed by atoms with Crippen LogP contribution in [0.15, 0.2) is 30.3 Å². The second-order valence-corrected chi connectivity index (χ2v) is 17.7. The lowest BCUT2D eigenvalue weighted by Gasteiger charge is -2.29. The summed E-state index contributed by atoms with van der Waals surface area (Å²) in [6.45, 7) is 14.6. The number of benzene rings is 1. The Morgan fingerprint density at radius 2 is 1.28 bits per heavy atom. The molecule has 0 aliphatic carbocycles. The third-order valence-electron chi connectivity index (χ3n) is 10.5. The second kappa shape index (κ2) is 25.9. The van der Waals surface area contributed by atoms with Gasteiger partial charge in [0.25, 0.3) is 0 Å². The van der Waals surface area contributed by atoms with Crippen molar-refractivity contribution in [3.8, 4) is 0 Å². The summed E-state index contributed by atoms with van der Waals surface area (Å²) >= 11 is 4.27. The monoisotopic (exact) mass is 874 g/mol. The van der Waals surface area contributed by atoms with Gasteiger partial charge in [-0.1, -0.05) is 92.1 Å². The van der Waals surface area contributed by atoms with Crippen LogP contribution in [0.25, 0.3) is 0 Å². The van der Waals surface area contributed by atoms with Gasteiger partial charge in [-0.3, -0.25) is 33.6 Å². The number of carbonyl (C=O) groups is 8. The third-order valence-corrected chi connectivity index (χ3v) is 10.9. The lowest BCUT2D eigenvalue weighted by Crippen LogP contribution is -2.59. The molecule has 1 aliphatic heterocycles. The molecule has 0 aromatic heterocycles. The highest BCUT2D eigenvalue weighted by Crippen LogP contribution is 2.18. The van der Waals surface area contributed by atoms with Gasteiger partial charge in [0.05, 0.1) is 12.6 Å². The van der Waals surface area contributed by atoms with E-state index in [0.29, 0.717) is 19.3 Å². The Morgan fingerprint density at radius 3 is 1.84 bits per heavy atom. The average Bonchev–Trinajstić information content (AvgIpc) is 3.70. The molecule has 7 amide bonds. The molecule has 61 heavy (non-hydrogen) atoms. The van der Waals surface area contributed by atoms with E-state index in [1.807, 2.05) is 54.5 Å². The summed E-state index contributed by atoms with van der Waals surface area (Å²) in [5, 5.41) is 25.6. The summed E-state index contributed by atoms with van der Waals surface area (Å²) in [7, 11) is 0. The standard InChI is InChI=1S/C43H70N8O9S/c1-9-27(8)36(42(58)48-32(43(59)60)20-26(6)7)50-40(56)33(23-61)49-41(57)34-16-13-17-51(34)35(52)22-45-38(54)31(21-28-14-11-10-12-15-28)47-39(55)30(19-25(4)5)46-37(53)29(44)18-24(2)3/h10-12,14-15,24-27,29-34,36,61H,9,13,16-23,44H2,1-8H3,(H,45,54)(H,46,53)(H,47,55)(H,48,58)(H,49,57)(H,50,56)(H,59,60)/t27-,29-,30-,31-,32-,33-,34-,36-/m0/s1. The van der Waals surface area contributed by atoms with Crippen LogP contribution in [0.3, 0.4) is 0 Å². The minimum atomic E-state index is -1.20. The van der Waals surface area contributed by atoms with E-state index in [9.17, 15) is 43.5 Å². The van der Waals surface area contributed by atoms with E-state index in [0.717, 1.165) is 5.56 Å². The highest BCUT2D eigenvalue weighted by atomic mass is 32.1. The highest BCUT2D eigenvalue weighted by Gasteiger charge is 2.38. The molecule has 1 saturated heterocycles. The van der Waals surface area contributed by atoms with E-state index < -0.39 is 96.2 Å². The Labute approximate surface area is 366 Å². The summed E-state index contributed by atoms with van der Waals surface area (Å²) in [5.41, 5.74) is 6.84. The zero-order valence-corrected chi connectivity index (χ0v) is 37.9. The van der Waals surface area contributed by atoms with Gasteiger partial charge < -0.3 is 47.6 Å². The lowest BCUT2D eigenvalue weighted by molar-refractivity contribution is -0.143. The van der Waals surface area contributed by atoms with Gasteiger partial charge in [0.2, 0.25) is 41.4 Å². The van der Waals surface area contributed by atoms with Gasteiger partial charge in [0, 0.05) is 18.7 Å². The van der Waals surface area contributed by atoms with Crippen LogP contribution in [-0.2, 0) is 44.8 Å². The van der Waals surface area contributed by atoms with Gasteiger partial charge in [-0.25, -0.2) is 4.79 Å². The number of rotatable bonds is 25. The Morgan fingerprint density at radius 1 is 0.721 bits per heavy atom. The molecule has 1 fully saturated rings. The number of hydrogen-bond acceptors (Lipinski definition) is 10. The number of nitrogens with two attached hydrogens (primary N) is 1. The van der Waals surface area contributed by atoms with Gasteiger partial charge in [0.1, 0.15) is 36.3 Å². The first-order chi connectivity index (χ1) is 28.7. The van der Waals surface area contributed by atoms with Crippen molar-refractivity contribution in [2.75, 3.05) is 18.8 Å². The zero-order chi connectivity index (χ0) is 46.0. The predicted octanol–water partition coefficient (Wildman–Crippen LogP) is 1.29. The summed E-state index contributed by atoms with van der Waals surface area (Å²) in [4.78, 5) is 107. The number of amides is 7. The minimum Gasteiger partial charge on any atom is -0.480 e. The number of hydrogen-bond donors (Lipinski definition) is 9. The molecule has 1 aromatic carbocycles. The Bertz CT molecular complexity index is 1650. The summed E-state index contributed by atoms with van der Waals surface area (Å²) in [5.74, 6) is -5.81. The zero-order valence-electron chi connectivity index (χ0n) is 37.0. The topological polar surface area (TPSA) is 258 Å². The number of likely N-dealkylation sites (tertiary alicyclic amines) is 1. The van der Waals surface area contributed by atoms with E-state index in [-0.39, 0.29) is 61.7 Å². The van der Waals surface area contributed by atoms with E-state index in [2.05, 4.69) is 44.5 Å². The highest BCUT2D eigenvalue weighted by molar-refractivity contribution is 7.80. The van der Waals surface area contributed by atoms with Crippen molar-refractivity contribution in [2.24, 2.45) is 29.4 Å². The first-order valence-electron chi connectivity index (χ1n) is 21.4. The maximum atomic E-state index is 13.7. The number of carboxylic acids is 1. The van der Waals surface area contributed by atoms with Gasteiger partial charge in [-0.05, 0) is 61.3 Å². The van der Waals surface area contributed by atoms with Crippen LogP contribution in [0.4, 0.5) is 0 Å². The molecule has 0 saturated carbocycles. The molecule has 18 heteroatoms. The number of thiol groups is 1. The molecule has 0 spiro atoms. The van der Waals surface area contributed by atoms with Gasteiger partial charge in [0.15, 0.2) is 0 Å². The normalized spacial score (nSPS) is 17.3. The molecule has 342 valence electrons. The van der Waals surface area contributed by atoms with Crippen LogP contribution in [0.5, 0.6) is 0 Å². The Hall–Kier alpha value is -4.71.